The van der Waals surface area contributed by atoms with Crippen LogP contribution in [0.5, 0.6) is 0 Å². The Balaban J connectivity index is 1.82. The van der Waals surface area contributed by atoms with Gasteiger partial charge in [-0.15, -0.1) is 0 Å². The van der Waals surface area contributed by atoms with E-state index in [1.165, 1.54) is 6.42 Å². The Hall–Kier alpha value is -0.180. The van der Waals surface area contributed by atoms with Crippen molar-refractivity contribution in [2.45, 2.75) is 72.0 Å². The third-order valence-corrected chi connectivity index (χ3v) is 7.72. The van der Waals surface area contributed by atoms with Gasteiger partial charge < -0.3 is 9.05 Å². The maximum atomic E-state index is 13.2. The van der Waals surface area contributed by atoms with Crippen LogP contribution in [-0.4, -0.2) is 17.7 Å². The summed E-state index contributed by atoms with van der Waals surface area (Å²) in [6.07, 6.45) is 5.33. The van der Waals surface area contributed by atoms with Crippen LogP contribution >= 0.6 is 7.60 Å². The first kappa shape index (κ1) is 16.7. The van der Waals surface area contributed by atoms with Gasteiger partial charge in [0.2, 0.25) is 5.52 Å². The standard InChI is InChI=1S/C17H29O4P/c1-10(2)20-22(19,21-11(3)4)17(18)16-14-6-12-5-13(8-14)9-15(16)7-12/h10-16H,5-9H2,1-4H3. The van der Waals surface area contributed by atoms with Gasteiger partial charge in [0.1, 0.15) is 0 Å². The molecule has 4 nitrogen and oxygen atoms in total. The highest BCUT2D eigenvalue weighted by Gasteiger charge is 2.55. The summed E-state index contributed by atoms with van der Waals surface area (Å²) < 4.78 is 24.3. The summed E-state index contributed by atoms with van der Waals surface area (Å²) in [7, 11) is -3.69. The van der Waals surface area contributed by atoms with Crippen molar-refractivity contribution in [3.05, 3.63) is 0 Å². The lowest BCUT2D eigenvalue weighted by molar-refractivity contribution is -0.130. The smallest absolute Gasteiger partial charge is 0.300 e. The summed E-state index contributed by atoms with van der Waals surface area (Å²) in [5.74, 6) is 2.30. The molecule has 4 rings (SSSR count). The Morgan fingerprint density at radius 3 is 1.64 bits per heavy atom. The summed E-state index contributed by atoms with van der Waals surface area (Å²) in [5, 5.41) is 0. The number of hydrogen-bond acceptors (Lipinski definition) is 4. The molecule has 0 unspecified atom stereocenters. The number of rotatable bonds is 6. The minimum Gasteiger partial charge on any atom is -0.300 e. The molecule has 0 saturated heterocycles. The van der Waals surface area contributed by atoms with E-state index < -0.39 is 7.60 Å². The van der Waals surface area contributed by atoms with Gasteiger partial charge in [-0.3, -0.25) is 9.36 Å². The Labute approximate surface area is 133 Å². The zero-order valence-corrected chi connectivity index (χ0v) is 15.1. The molecule has 4 saturated carbocycles. The van der Waals surface area contributed by atoms with Crippen molar-refractivity contribution in [3.63, 3.8) is 0 Å². The molecular formula is C17H29O4P. The lowest BCUT2D eigenvalue weighted by atomic mass is 9.52. The van der Waals surface area contributed by atoms with Crippen LogP contribution in [0.2, 0.25) is 0 Å². The second-order valence-corrected chi connectivity index (χ2v) is 9.96. The molecule has 4 fully saturated rings. The Bertz CT molecular complexity index is 443. The van der Waals surface area contributed by atoms with E-state index in [1.54, 1.807) is 27.7 Å². The van der Waals surface area contributed by atoms with Crippen LogP contribution in [0.3, 0.4) is 0 Å². The zero-order valence-electron chi connectivity index (χ0n) is 14.2. The minimum atomic E-state index is -3.69. The summed E-state index contributed by atoms with van der Waals surface area (Å²) in [6, 6.07) is 0. The lowest BCUT2D eigenvalue weighted by Gasteiger charge is -2.53. The molecule has 0 radical (unpaired) electrons. The predicted molar refractivity (Wildman–Crippen MR) is 85.6 cm³/mol. The van der Waals surface area contributed by atoms with E-state index in [0.717, 1.165) is 37.5 Å². The van der Waals surface area contributed by atoms with Crippen molar-refractivity contribution in [3.8, 4) is 0 Å². The predicted octanol–water partition coefficient (Wildman–Crippen LogP) is 4.63. The fraction of sp³-hybridized carbons (Fsp3) is 0.941. The second-order valence-electron chi connectivity index (χ2n) is 8.10. The molecule has 0 aromatic rings. The normalized spacial score (nSPS) is 37.3. The van der Waals surface area contributed by atoms with Crippen LogP contribution < -0.4 is 0 Å². The van der Waals surface area contributed by atoms with Gasteiger partial charge in [-0.1, -0.05) is 0 Å². The zero-order chi connectivity index (χ0) is 16.1. The minimum absolute atomic E-state index is 0.101. The van der Waals surface area contributed by atoms with Crippen LogP contribution in [0.25, 0.3) is 0 Å². The SMILES string of the molecule is CC(C)OP(=O)(OC(C)C)C(=O)C1C2CC3CC(C2)CC1C3. The van der Waals surface area contributed by atoms with Crippen LogP contribution in [0.1, 0.15) is 59.8 Å². The van der Waals surface area contributed by atoms with Gasteiger partial charge in [-0.2, -0.15) is 0 Å². The quantitative estimate of drug-likeness (QED) is 0.667. The van der Waals surface area contributed by atoms with E-state index in [9.17, 15) is 9.36 Å². The molecule has 4 aliphatic carbocycles. The van der Waals surface area contributed by atoms with Crippen molar-refractivity contribution < 1.29 is 18.4 Å². The van der Waals surface area contributed by atoms with E-state index in [1.807, 2.05) is 0 Å². The summed E-state index contributed by atoms with van der Waals surface area (Å²) in [5.41, 5.74) is -0.233. The van der Waals surface area contributed by atoms with Gasteiger partial charge in [0.15, 0.2) is 0 Å². The molecule has 0 spiro atoms. The molecule has 22 heavy (non-hydrogen) atoms. The summed E-state index contributed by atoms with van der Waals surface area (Å²) in [6.45, 7) is 7.22. The van der Waals surface area contributed by atoms with E-state index in [0.29, 0.717) is 11.8 Å². The second kappa shape index (κ2) is 6.03. The molecule has 4 bridgehead atoms. The Morgan fingerprint density at radius 1 is 0.864 bits per heavy atom. The first-order valence-electron chi connectivity index (χ1n) is 8.79. The van der Waals surface area contributed by atoms with E-state index >= 15 is 0 Å². The first-order valence-corrected chi connectivity index (χ1v) is 10.3. The molecule has 0 aromatic carbocycles. The molecule has 0 amide bonds. The van der Waals surface area contributed by atoms with Crippen molar-refractivity contribution in [1.82, 2.24) is 0 Å². The molecule has 126 valence electrons. The largest absolute Gasteiger partial charge is 0.397 e. The van der Waals surface area contributed by atoms with Crippen molar-refractivity contribution in [1.29, 1.82) is 0 Å². The Kier molecular flexibility index (Phi) is 4.57. The molecule has 5 heteroatoms. The number of carbonyl (C=O) groups excluding carboxylic acids is 1. The molecular weight excluding hydrogens is 299 g/mol. The highest BCUT2D eigenvalue weighted by atomic mass is 31.2. The fourth-order valence-corrected chi connectivity index (χ4v) is 7.35. The molecule has 0 aromatic heterocycles. The molecule has 0 aliphatic heterocycles. The highest BCUT2D eigenvalue weighted by Crippen LogP contribution is 2.62. The summed E-state index contributed by atoms with van der Waals surface area (Å²) in [4.78, 5) is 13.1. The average molecular weight is 328 g/mol. The van der Waals surface area contributed by atoms with Gasteiger partial charge in [0.05, 0.1) is 12.2 Å². The molecule has 4 aliphatic rings. The number of hydrogen-bond donors (Lipinski definition) is 0. The highest BCUT2D eigenvalue weighted by molar-refractivity contribution is 7.71. The molecule has 0 heterocycles. The third-order valence-electron chi connectivity index (χ3n) is 5.48. The van der Waals surface area contributed by atoms with Crippen LogP contribution in [-0.2, 0) is 18.4 Å². The average Bonchev–Trinajstić information content (AvgIpc) is 2.34. The van der Waals surface area contributed by atoms with Gasteiger partial charge in [-0.05, 0) is 83.5 Å². The lowest BCUT2D eigenvalue weighted by Crippen LogP contribution is -2.48. The van der Waals surface area contributed by atoms with E-state index in [2.05, 4.69) is 0 Å². The topological polar surface area (TPSA) is 52.6 Å². The van der Waals surface area contributed by atoms with Crippen molar-refractivity contribution in [2.24, 2.45) is 29.6 Å². The maximum absolute atomic E-state index is 13.2. The van der Waals surface area contributed by atoms with Crippen LogP contribution in [0.15, 0.2) is 0 Å². The fourth-order valence-electron chi connectivity index (χ4n) is 5.19. The first-order chi connectivity index (χ1) is 10.3. The molecule has 0 atom stereocenters. The van der Waals surface area contributed by atoms with Gasteiger partial charge in [-0.25, -0.2) is 0 Å². The van der Waals surface area contributed by atoms with Crippen molar-refractivity contribution in [2.75, 3.05) is 0 Å². The summed E-state index contributed by atoms with van der Waals surface area (Å²) >= 11 is 0. The van der Waals surface area contributed by atoms with E-state index in [4.69, 9.17) is 9.05 Å². The third kappa shape index (κ3) is 3.07. The van der Waals surface area contributed by atoms with Crippen LogP contribution in [0.4, 0.5) is 0 Å². The maximum Gasteiger partial charge on any atom is 0.397 e. The van der Waals surface area contributed by atoms with Gasteiger partial charge >= 0.3 is 7.60 Å². The van der Waals surface area contributed by atoms with Gasteiger partial charge in [0.25, 0.3) is 0 Å². The van der Waals surface area contributed by atoms with Crippen molar-refractivity contribution >= 4 is 13.1 Å². The Morgan fingerprint density at radius 2 is 1.27 bits per heavy atom. The van der Waals surface area contributed by atoms with Gasteiger partial charge in [0, 0.05) is 5.92 Å². The monoisotopic (exact) mass is 328 g/mol. The van der Waals surface area contributed by atoms with Crippen LogP contribution in [0, 0.1) is 29.6 Å². The van der Waals surface area contributed by atoms with E-state index in [-0.39, 0.29) is 23.7 Å². The number of carbonyl (C=O) groups is 1. The molecule has 0 N–H and O–H groups in total.